The number of nitrogens with one attached hydrogen (secondary N) is 1. The van der Waals surface area contributed by atoms with Crippen LogP contribution >= 0.6 is 12.2 Å². The van der Waals surface area contributed by atoms with E-state index in [1.165, 1.54) is 0 Å². The summed E-state index contributed by atoms with van der Waals surface area (Å²) in [6.07, 6.45) is 0.850. The van der Waals surface area contributed by atoms with E-state index in [9.17, 15) is 8.42 Å². The zero-order chi connectivity index (χ0) is 14.8. The molecule has 1 unspecified atom stereocenters. The molecular weight excluding hydrogens is 294 g/mol. The summed E-state index contributed by atoms with van der Waals surface area (Å²) in [5, 5.41) is 0. The highest BCUT2D eigenvalue weighted by molar-refractivity contribution is 7.88. The highest BCUT2D eigenvalue weighted by atomic mass is 32.2. The van der Waals surface area contributed by atoms with Gasteiger partial charge in [-0.1, -0.05) is 30.4 Å². The predicted octanol–water partition coefficient (Wildman–Crippen LogP) is 0.444. The fourth-order valence-corrected chi connectivity index (χ4v) is 3.89. The highest BCUT2D eigenvalue weighted by Gasteiger charge is 2.24. The SMILES string of the molecule is CN1CCC(NS(=O)(=O)Cc2cccc(C(N)=S)c2)C1. The molecule has 0 radical (unpaired) electrons. The molecule has 7 heteroatoms. The Bertz CT molecular complexity index is 601. The standard InChI is InChI=1S/C13H19N3O2S2/c1-16-6-5-12(8-16)15-20(17,18)9-10-3-2-4-11(7-10)13(14)19/h2-4,7,12,15H,5-6,8-9H2,1H3,(H2,14,19). The number of likely N-dealkylation sites (N-methyl/N-ethyl adjacent to an activating group) is 1. The van der Waals surface area contributed by atoms with Gasteiger partial charge in [-0.2, -0.15) is 0 Å². The van der Waals surface area contributed by atoms with E-state index in [1.807, 2.05) is 7.05 Å². The summed E-state index contributed by atoms with van der Waals surface area (Å²) in [5.74, 6) is -0.0519. The molecule has 0 bridgehead atoms. The van der Waals surface area contributed by atoms with Crippen LogP contribution in [0.25, 0.3) is 0 Å². The van der Waals surface area contributed by atoms with E-state index in [-0.39, 0.29) is 16.8 Å². The van der Waals surface area contributed by atoms with E-state index in [1.54, 1.807) is 24.3 Å². The fourth-order valence-electron chi connectivity index (χ4n) is 2.36. The summed E-state index contributed by atoms with van der Waals surface area (Å²) >= 11 is 4.90. The van der Waals surface area contributed by atoms with E-state index in [0.717, 1.165) is 19.5 Å². The average Bonchev–Trinajstić information content (AvgIpc) is 2.73. The largest absolute Gasteiger partial charge is 0.389 e. The van der Waals surface area contributed by atoms with Crippen molar-refractivity contribution in [3.8, 4) is 0 Å². The maximum atomic E-state index is 12.2. The number of nitrogens with two attached hydrogens (primary N) is 1. The van der Waals surface area contributed by atoms with Crippen LogP contribution in [0.15, 0.2) is 24.3 Å². The van der Waals surface area contributed by atoms with Crippen LogP contribution in [0.2, 0.25) is 0 Å². The van der Waals surface area contributed by atoms with Gasteiger partial charge < -0.3 is 10.6 Å². The second-order valence-electron chi connectivity index (χ2n) is 5.19. The maximum Gasteiger partial charge on any atom is 0.216 e. The number of hydrogen-bond donors (Lipinski definition) is 2. The molecule has 0 aliphatic carbocycles. The summed E-state index contributed by atoms with van der Waals surface area (Å²) in [5.41, 5.74) is 6.93. The number of benzene rings is 1. The molecule has 5 nitrogen and oxygen atoms in total. The molecule has 1 aromatic carbocycles. The Morgan fingerprint density at radius 1 is 1.55 bits per heavy atom. The number of hydrogen-bond acceptors (Lipinski definition) is 4. The maximum absolute atomic E-state index is 12.2. The molecule has 0 aromatic heterocycles. The van der Waals surface area contributed by atoms with Crippen LogP contribution in [-0.4, -0.2) is 44.5 Å². The first-order valence-electron chi connectivity index (χ1n) is 6.43. The zero-order valence-electron chi connectivity index (χ0n) is 11.4. The van der Waals surface area contributed by atoms with Crippen LogP contribution in [0.4, 0.5) is 0 Å². The lowest BCUT2D eigenvalue weighted by molar-refractivity contribution is 0.407. The molecule has 1 aliphatic heterocycles. The van der Waals surface area contributed by atoms with Gasteiger partial charge in [0.1, 0.15) is 4.99 Å². The monoisotopic (exact) mass is 313 g/mol. The Balaban J connectivity index is 2.04. The molecular formula is C13H19N3O2S2. The lowest BCUT2D eigenvalue weighted by atomic mass is 10.1. The molecule has 1 heterocycles. The number of sulfonamides is 1. The van der Waals surface area contributed by atoms with Gasteiger partial charge in [0.15, 0.2) is 0 Å². The van der Waals surface area contributed by atoms with Crippen LogP contribution in [-0.2, 0) is 15.8 Å². The van der Waals surface area contributed by atoms with Gasteiger partial charge in [0.2, 0.25) is 10.0 Å². The van der Waals surface area contributed by atoms with Crippen molar-refractivity contribution in [1.29, 1.82) is 0 Å². The average molecular weight is 313 g/mol. The van der Waals surface area contributed by atoms with Gasteiger partial charge in [-0.25, -0.2) is 13.1 Å². The van der Waals surface area contributed by atoms with Gasteiger partial charge in [-0.15, -0.1) is 0 Å². The van der Waals surface area contributed by atoms with E-state index in [4.69, 9.17) is 18.0 Å². The Kier molecular flexibility index (Phi) is 4.74. The lowest BCUT2D eigenvalue weighted by Gasteiger charge is -2.13. The molecule has 20 heavy (non-hydrogen) atoms. The molecule has 1 saturated heterocycles. The van der Waals surface area contributed by atoms with Crippen LogP contribution in [0, 0.1) is 0 Å². The highest BCUT2D eigenvalue weighted by Crippen LogP contribution is 2.12. The minimum Gasteiger partial charge on any atom is -0.389 e. The van der Waals surface area contributed by atoms with E-state index in [2.05, 4.69) is 9.62 Å². The van der Waals surface area contributed by atoms with Crippen LogP contribution < -0.4 is 10.5 Å². The fraction of sp³-hybridized carbons (Fsp3) is 0.462. The lowest BCUT2D eigenvalue weighted by Crippen LogP contribution is -2.37. The van der Waals surface area contributed by atoms with Gasteiger partial charge in [-0.3, -0.25) is 0 Å². The molecule has 0 saturated carbocycles. The molecule has 1 aliphatic rings. The van der Waals surface area contributed by atoms with Gasteiger partial charge in [0.05, 0.1) is 5.75 Å². The number of thiocarbonyl (C=S) groups is 1. The summed E-state index contributed by atoms with van der Waals surface area (Å²) in [7, 11) is -1.36. The zero-order valence-corrected chi connectivity index (χ0v) is 13.0. The van der Waals surface area contributed by atoms with Gasteiger partial charge in [-0.05, 0) is 31.6 Å². The van der Waals surface area contributed by atoms with E-state index >= 15 is 0 Å². The Morgan fingerprint density at radius 3 is 2.90 bits per heavy atom. The molecule has 110 valence electrons. The minimum absolute atomic E-state index is 0.00349. The first-order chi connectivity index (χ1) is 9.35. The summed E-state index contributed by atoms with van der Waals surface area (Å²) in [4.78, 5) is 2.38. The predicted molar refractivity (Wildman–Crippen MR) is 84.0 cm³/mol. The summed E-state index contributed by atoms with van der Waals surface area (Å²) in [6.45, 7) is 1.68. The first kappa shape index (κ1) is 15.4. The third-order valence-electron chi connectivity index (χ3n) is 3.31. The van der Waals surface area contributed by atoms with Gasteiger partial charge >= 0.3 is 0 Å². The molecule has 1 fully saturated rings. The number of likely N-dealkylation sites (tertiary alicyclic amines) is 1. The Hall–Kier alpha value is -1.02. The van der Waals surface area contributed by atoms with Crippen molar-refractivity contribution in [2.45, 2.75) is 18.2 Å². The summed E-state index contributed by atoms with van der Waals surface area (Å²) < 4.78 is 27.0. The van der Waals surface area contributed by atoms with Crippen molar-refractivity contribution in [3.05, 3.63) is 35.4 Å². The van der Waals surface area contributed by atoms with Crippen LogP contribution in [0.5, 0.6) is 0 Å². The molecule has 1 aromatic rings. The molecule has 0 spiro atoms. The number of nitrogens with zero attached hydrogens (tertiary/aromatic N) is 1. The van der Waals surface area contributed by atoms with Crippen molar-refractivity contribution >= 4 is 27.2 Å². The Labute approximate surface area is 125 Å². The van der Waals surface area contributed by atoms with E-state index in [0.29, 0.717) is 11.1 Å². The van der Waals surface area contributed by atoms with Crippen LogP contribution in [0.3, 0.4) is 0 Å². The van der Waals surface area contributed by atoms with Crippen molar-refractivity contribution in [2.24, 2.45) is 5.73 Å². The Morgan fingerprint density at radius 2 is 2.30 bits per heavy atom. The topological polar surface area (TPSA) is 75.4 Å². The molecule has 3 N–H and O–H groups in total. The van der Waals surface area contributed by atoms with Gasteiger partial charge in [0, 0.05) is 18.2 Å². The molecule has 0 amide bonds. The van der Waals surface area contributed by atoms with Crippen molar-refractivity contribution in [2.75, 3.05) is 20.1 Å². The van der Waals surface area contributed by atoms with Crippen molar-refractivity contribution in [1.82, 2.24) is 9.62 Å². The van der Waals surface area contributed by atoms with E-state index < -0.39 is 10.0 Å². The molecule has 1 atom stereocenters. The van der Waals surface area contributed by atoms with Crippen molar-refractivity contribution in [3.63, 3.8) is 0 Å². The van der Waals surface area contributed by atoms with Crippen molar-refractivity contribution < 1.29 is 8.42 Å². The number of rotatable bonds is 5. The van der Waals surface area contributed by atoms with Crippen LogP contribution in [0.1, 0.15) is 17.5 Å². The second kappa shape index (κ2) is 6.17. The first-order valence-corrected chi connectivity index (χ1v) is 8.49. The smallest absolute Gasteiger partial charge is 0.216 e. The normalized spacial score (nSPS) is 20.1. The quantitative estimate of drug-likeness (QED) is 0.772. The second-order valence-corrected chi connectivity index (χ2v) is 7.38. The summed E-state index contributed by atoms with van der Waals surface area (Å²) in [6, 6.07) is 7.04. The minimum atomic E-state index is -3.34. The molecule has 2 rings (SSSR count). The van der Waals surface area contributed by atoms with Gasteiger partial charge in [0.25, 0.3) is 0 Å². The third-order valence-corrected chi connectivity index (χ3v) is 4.95. The third kappa shape index (κ3) is 4.24.